The summed E-state index contributed by atoms with van der Waals surface area (Å²) in [6, 6.07) is 14.8. The molecule has 4 aromatic rings. The van der Waals surface area contributed by atoms with Gasteiger partial charge in [0.15, 0.2) is 0 Å². The minimum atomic E-state index is -0.697. The third-order valence-corrected chi connectivity index (χ3v) is 5.61. The van der Waals surface area contributed by atoms with Gasteiger partial charge in [-0.3, -0.25) is 19.9 Å². The molecule has 2 N–H and O–H groups in total. The molecule has 0 unspecified atom stereocenters. The Morgan fingerprint density at radius 3 is 2.53 bits per heavy atom. The summed E-state index contributed by atoms with van der Waals surface area (Å²) in [5.41, 5.74) is 4.18. The van der Waals surface area contributed by atoms with Crippen LogP contribution in [0.5, 0.6) is 5.75 Å². The highest BCUT2D eigenvalue weighted by molar-refractivity contribution is 6.09. The number of amides is 3. The quantitative estimate of drug-likeness (QED) is 0.479. The van der Waals surface area contributed by atoms with Gasteiger partial charge in [0.05, 0.1) is 18.2 Å². The maximum Gasteiger partial charge on any atom is 0.326 e. The first-order chi connectivity index (χ1) is 16.3. The van der Waals surface area contributed by atoms with Gasteiger partial charge in [0.25, 0.3) is 11.5 Å². The molecule has 0 atom stereocenters. The average molecular weight is 457 g/mol. The molecule has 0 spiro atoms. The molecule has 0 aliphatic carbocycles. The predicted octanol–water partition coefficient (Wildman–Crippen LogP) is 4.19. The van der Waals surface area contributed by atoms with Gasteiger partial charge in [-0.1, -0.05) is 18.2 Å². The molecule has 0 saturated heterocycles. The SMILES string of the molecule is COc1ccccc1C(=O)NC(=O)Nc1ccc(C)c(-c2cc3cnc(C)cc3n(C)c2=O)c1. The van der Waals surface area contributed by atoms with Crippen LogP contribution in [0.1, 0.15) is 21.6 Å². The summed E-state index contributed by atoms with van der Waals surface area (Å²) in [5, 5.41) is 5.80. The molecule has 3 amide bonds. The fourth-order valence-electron chi connectivity index (χ4n) is 3.81. The molecule has 4 rings (SSSR count). The topological polar surface area (TPSA) is 102 Å². The molecule has 0 radical (unpaired) electrons. The zero-order valence-electron chi connectivity index (χ0n) is 19.3. The summed E-state index contributed by atoms with van der Waals surface area (Å²) in [6.07, 6.45) is 1.74. The summed E-state index contributed by atoms with van der Waals surface area (Å²) in [5.74, 6) is -0.226. The van der Waals surface area contributed by atoms with Crippen LogP contribution in [0.15, 0.2) is 65.6 Å². The third kappa shape index (κ3) is 4.38. The third-order valence-electron chi connectivity index (χ3n) is 5.61. The molecular formula is C26H24N4O4. The van der Waals surface area contributed by atoms with Crippen molar-refractivity contribution in [3.05, 3.63) is 88.0 Å². The Balaban J connectivity index is 1.62. The number of hydrogen-bond donors (Lipinski definition) is 2. The number of para-hydroxylation sites is 1. The number of carbonyl (C=O) groups excluding carboxylic acids is 2. The number of urea groups is 1. The van der Waals surface area contributed by atoms with Gasteiger partial charge >= 0.3 is 6.03 Å². The van der Waals surface area contributed by atoms with Crippen molar-refractivity contribution in [3.63, 3.8) is 0 Å². The highest BCUT2D eigenvalue weighted by atomic mass is 16.5. The van der Waals surface area contributed by atoms with Gasteiger partial charge in [0.2, 0.25) is 0 Å². The van der Waals surface area contributed by atoms with E-state index in [0.29, 0.717) is 22.6 Å². The molecule has 8 nitrogen and oxygen atoms in total. The van der Waals surface area contributed by atoms with Gasteiger partial charge in [-0.05, 0) is 61.4 Å². The normalized spacial score (nSPS) is 10.7. The Bertz CT molecular complexity index is 1490. The van der Waals surface area contributed by atoms with Gasteiger partial charge in [-0.2, -0.15) is 0 Å². The van der Waals surface area contributed by atoms with E-state index in [4.69, 9.17) is 4.74 Å². The number of nitrogens with zero attached hydrogens (tertiary/aromatic N) is 2. The summed E-state index contributed by atoms with van der Waals surface area (Å²) >= 11 is 0. The lowest BCUT2D eigenvalue weighted by Crippen LogP contribution is -2.34. The fraction of sp³-hybridized carbons (Fsp3) is 0.154. The van der Waals surface area contributed by atoms with Crippen LogP contribution >= 0.6 is 0 Å². The van der Waals surface area contributed by atoms with Crippen molar-refractivity contribution in [1.82, 2.24) is 14.9 Å². The zero-order chi connectivity index (χ0) is 24.4. The van der Waals surface area contributed by atoms with Crippen molar-refractivity contribution in [2.45, 2.75) is 13.8 Å². The van der Waals surface area contributed by atoms with Crippen molar-refractivity contribution in [1.29, 1.82) is 0 Å². The number of imide groups is 1. The standard InChI is InChI=1S/C26H24N4O4/c1-15-9-10-18(28-26(33)29-24(31)19-7-5-6-8-23(19)34-4)13-20(15)21-12-17-14-27-16(2)11-22(17)30(3)25(21)32/h5-14H,1-4H3,(H2,28,29,31,33). The highest BCUT2D eigenvalue weighted by Crippen LogP contribution is 2.27. The maximum atomic E-state index is 13.1. The summed E-state index contributed by atoms with van der Waals surface area (Å²) in [6.45, 7) is 3.77. The molecule has 172 valence electrons. The second kappa shape index (κ2) is 9.19. The Morgan fingerprint density at radius 1 is 1.00 bits per heavy atom. The highest BCUT2D eigenvalue weighted by Gasteiger charge is 2.16. The van der Waals surface area contributed by atoms with Crippen molar-refractivity contribution >= 4 is 28.5 Å². The Hall–Kier alpha value is -4.46. The average Bonchev–Trinajstić information content (AvgIpc) is 2.83. The predicted molar refractivity (Wildman–Crippen MR) is 131 cm³/mol. The maximum absolute atomic E-state index is 13.1. The monoisotopic (exact) mass is 456 g/mol. The van der Waals surface area contributed by atoms with E-state index >= 15 is 0 Å². The van der Waals surface area contributed by atoms with Gasteiger partial charge in [0, 0.05) is 35.6 Å². The number of hydrogen-bond acceptors (Lipinski definition) is 5. The Labute approximate surface area is 196 Å². The van der Waals surface area contributed by atoms with Gasteiger partial charge in [0.1, 0.15) is 5.75 Å². The molecular weight excluding hydrogens is 432 g/mol. The van der Waals surface area contributed by atoms with E-state index in [-0.39, 0.29) is 11.1 Å². The van der Waals surface area contributed by atoms with Gasteiger partial charge < -0.3 is 14.6 Å². The number of methoxy groups -OCH3 is 1. The smallest absolute Gasteiger partial charge is 0.326 e. The van der Waals surface area contributed by atoms with E-state index in [1.54, 1.807) is 54.2 Å². The van der Waals surface area contributed by atoms with E-state index in [1.807, 2.05) is 32.0 Å². The number of fused-ring (bicyclic) bond motifs is 1. The number of aryl methyl sites for hydroxylation is 3. The fourth-order valence-corrected chi connectivity index (χ4v) is 3.81. The zero-order valence-corrected chi connectivity index (χ0v) is 19.3. The summed E-state index contributed by atoms with van der Waals surface area (Å²) in [4.78, 5) is 42.5. The Kier molecular flexibility index (Phi) is 6.14. The number of rotatable bonds is 4. The van der Waals surface area contributed by atoms with E-state index in [9.17, 15) is 14.4 Å². The second-order valence-corrected chi connectivity index (χ2v) is 7.94. The van der Waals surface area contributed by atoms with Crippen LogP contribution in [0, 0.1) is 13.8 Å². The first-order valence-electron chi connectivity index (χ1n) is 10.6. The van der Waals surface area contributed by atoms with Crippen molar-refractivity contribution < 1.29 is 14.3 Å². The van der Waals surface area contributed by atoms with Crippen LogP contribution in [0.4, 0.5) is 10.5 Å². The molecule has 2 aromatic carbocycles. The molecule has 0 aliphatic heterocycles. The van der Waals surface area contributed by atoms with E-state index in [2.05, 4.69) is 15.6 Å². The first-order valence-corrected chi connectivity index (χ1v) is 10.6. The molecule has 8 heteroatoms. The van der Waals surface area contributed by atoms with Gasteiger partial charge in [-0.15, -0.1) is 0 Å². The van der Waals surface area contributed by atoms with Crippen molar-refractivity contribution in [2.24, 2.45) is 7.05 Å². The lowest BCUT2D eigenvalue weighted by Gasteiger charge is -2.13. The van der Waals surface area contributed by atoms with Crippen LogP contribution in [0.25, 0.3) is 22.0 Å². The lowest BCUT2D eigenvalue weighted by atomic mass is 9.99. The second-order valence-electron chi connectivity index (χ2n) is 7.94. The number of benzene rings is 2. The Morgan fingerprint density at radius 2 is 1.76 bits per heavy atom. The largest absolute Gasteiger partial charge is 0.496 e. The molecule has 0 saturated carbocycles. The van der Waals surface area contributed by atoms with Crippen LogP contribution in [-0.4, -0.2) is 28.6 Å². The van der Waals surface area contributed by atoms with Crippen molar-refractivity contribution in [3.8, 4) is 16.9 Å². The number of aromatic nitrogens is 2. The summed E-state index contributed by atoms with van der Waals surface area (Å²) < 4.78 is 6.77. The number of nitrogens with one attached hydrogen (secondary N) is 2. The van der Waals surface area contributed by atoms with Crippen LogP contribution < -0.4 is 20.9 Å². The molecule has 2 heterocycles. The molecule has 34 heavy (non-hydrogen) atoms. The van der Waals surface area contributed by atoms with E-state index in [0.717, 1.165) is 22.2 Å². The lowest BCUT2D eigenvalue weighted by molar-refractivity contribution is 0.0964. The van der Waals surface area contributed by atoms with Crippen LogP contribution in [0.2, 0.25) is 0 Å². The van der Waals surface area contributed by atoms with Gasteiger partial charge in [-0.25, -0.2) is 4.79 Å². The minimum Gasteiger partial charge on any atom is -0.496 e. The molecule has 0 aliphatic rings. The number of ether oxygens (including phenoxy) is 1. The molecule has 0 fully saturated rings. The van der Waals surface area contributed by atoms with Crippen LogP contribution in [0.3, 0.4) is 0 Å². The number of pyridine rings is 2. The number of carbonyl (C=O) groups is 2. The molecule has 0 bridgehead atoms. The molecule has 2 aromatic heterocycles. The van der Waals surface area contributed by atoms with Crippen molar-refractivity contribution in [2.75, 3.05) is 12.4 Å². The van der Waals surface area contributed by atoms with E-state index < -0.39 is 11.9 Å². The summed E-state index contributed by atoms with van der Waals surface area (Å²) in [7, 11) is 3.18. The first kappa shape index (κ1) is 22.7. The van der Waals surface area contributed by atoms with E-state index in [1.165, 1.54) is 7.11 Å². The minimum absolute atomic E-state index is 0.158. The number of anilines is 1. The van der Waals surface area contributed by atoms with Crippen LogP contribution in [-0.2, 0) is 7.05 Å².